The maximum absolute atomic E-state index is 9.48. The first kappa shape index (κ1) is 11.5. The fraction of sp³-hybridized carbons (Fsp3) is 0.800. The summed E-state index contributed by atoms with van der Waals surface area (Å²) in [5.74, 6) is 5.70. The third kappa shape index (κ3) is 5.17. The molecule has 0 amide bonds. The Labute approximate surface area is 74.9 Å². The lowest BCUT2D eigenvalue weighted by Gasteiger charge is -2.17. The Kier molecular flexibility index (Phi) is 6.84. The van der Waals surface area contributed by atoms with Crippen LogP contribution in [-0.2, 0) is 4.74 Å². The SMILES string of the molecule is CC#CCCC(O)C(C)OCC. The topological polar surface area (TPSA) is 29.5 Å². The largest absolute Gasteiger partial charge is 0.390 e. The standard InChI is InChI=1S/C10H18O2/c1-4-6-7-8-10(11)9(3)12-5-2/h9-11H,5,7-8H2,1-3H3. The van der Waals surface area contributed by atoms with Crippen LogP contribution in [0.25, 0.3) is 0 Å². The van der Waals surface area contributed by atoms with E-state index in [2.05, 4.69) is 11.8 Å². The van der Waals surface area contributed by atoms with E-state index in [-0.39, 0.29) is 12.2 Å². The molecule has 0 heterocycles. The zero-order chi connectivity index (χ0) is 9.40. The highest BCUT2D eigenvalue weighted by Crippen LogP contribution is 2.04. The molecule has 2 atom stereocenters. The van der Waals surface area contributed by atoms with Gasteiger partial charge in [-0.15, -0.1) is 11.8 Å². The van der Waals surface area contributed by atoms with E-state index < -0.39 is 0 Å². The predicted molar refractivity (Wildman–Crippen MR) is 49.8 cm³/mol. The van der Waals surface area contributed by atoms with E-state index in [9.17, 15) is 5.11 Å². The Morgan fingerprint density at radius 3 is 2.67 bits per heavy atom. The van der Waals surface area contributed by atoms with E-state index in [0.29, 0.717) is 13.0 Å². The van der Waals surface area contributed by atoms with Gasteiger partial charge in [0.2, 0.25) is 0 Å². The molecule has 0 fully saturated rings. The highest BCUT2D eigenvalue weighted by molar-refractivity contribution is 4.95. The lowest BCUT2D eigenvalue weighted by molar-refractivity contribution is -0.0240. The summed E-state index contributed by atoms with van der Waals surface area (Å²) in [6.45, 7) is 6.26. The van der Waals surface area contributed by atoms with E-state index in [1.807, 2.05) is 13.8 Å². The second-order valence-corrected chi connectivity index (χ2v) is 2.69. The molecule has 0 saturated carbocycles. The molecule has 0 aromatic heterocycles. The third-order valence-electron chi connectivity index (χ3n) is 1.71. The van der Waals surface area contributed by atoms with E-state index in [1.165, 1.54) is 0 Å². The van der Waals surface area contributed by atoms with Crippen LogP contribution in [0.5, 0.6) is 0 Å². The molecule has 0 spiro atoms. The van der Waals surface area contributed by atoms with Crippen LogP contribution < -0.4 is 0 Å². The highest BCUT2D eigenvalue weighted by atomic mass is 16.5. The number of aliphatic hydroxyl groups excluding tert-OH is 1. The minimum absolute atomic E-state index is 0.0753. The van der Waals surface area contributed by atoms with Crippen LogP contribution in [0.15, 0.2) is 0 Å². The Morgan fingerprint density at radius 1 is 1.50 bits per heavy atom. The van der Waals surface area contributed by atoms with Crippen LogP contribution in [0.3, 0.4) is 0 Å². The Hall–Kier alpha value is -0.520. The monoisotopic (exact) mass is 170 g/mol. The van der Waals surface area contributed by atoms with Crippen molar-refractivity contribution in [1.82, 2.24) is 0 Å². The maximum Gasteiger partial charge on any atom is 0.0808 e. The van der Waals surface area contributed by atoms with E-state index in [0.717, 1.165) is 6.42 Å². The van der Waals surface area contributed by atoms with Crippen LogP contribution in [0.1, 0.15) is 33.6 Å². The number of aliphatic hydroxyl groups is 1. The average molecular weight is 170 g/mol. The first-order valence-electron chi connectivity index (χ1n) is 4.41. The minimum atomic E-state index is -0.384. The summed E-state index contributed by atoms with van der Waals surface area (Å²) < 4.78 is 5.24. The molecule has 12 heavy (non-hydrogen) atoms. The average Bonchev–Trinajstić information content (AvgIpc) is 2.05. The minimum Gasteiger partial charge on any atom is -0.390 e. The van der Waals surface area contributed by atoms with Gasteiger partial charge in [0.15, 0.2) is 0 Å². The van der Waals surface area contributed by atoms with Crippen LogP contribution in [0.4, 0.5) is 0 Å². The smallest absolute Gasteiger partial charge is 0.0808 e. The first-order valence-corrected chi connectivity index (χ1v) is 4.41. The van der Waals surface area contributed by atoms with Gasteiger partial charge in [-0.2, -0.15) is 0 Å². The van der Waals surface area contributed by atoms with Gasteiger partial charge < -0.3 is 9.84 Å². The molecule has 0 aliphatic heterocycles. The third-order valence-corrected chi connectivity index (χ3v) is 1.71. The van der Waals surface area contributed by atoms with E-state index >= 15 is 0 Å². The Balaban J connectivity index is 3.53. The van der Waals surface area contributed by atoms with Crippen LogP contribution in [-0.4, -0.2) is 23.9 Å². The summed E-state index contributed by atoms with van der Waals surface area (Å²) in [6, 6.07) is 0. The van der Waals surface area contributed by atoms with Gasteiger partial charge in [0, 0.05) is 13.0 Å². The molecule has 2 unspecified atom stereocenters. The van der Waals surface area contributed by atoms with Crippen molar-refractivity contribution in [2.75, 3.05) is 6.61 Å². The number of hydrogen-bond donors (Lipinski definition) is 1. The molecule has 0 radical (unpaired) electrons. The number of ether oxygens (including phenoxy) is 1. The van der Waals surface area contributed by atoms with Gasteiger partial charge in [0.25, 0.3) is 0 Å². The summed E-state index contributed by atoms with van der Waals surface area (Å²) >= 11 is 0. The van der Waals surface area contributed by atoms with Crippen molar-refractivity contribution in [3.63, 3.8) is 0 Å². The molecule has 0 aliphatic rings. The number of rotatable bonds is 5. The molecule has 2 nitrogen and oxygen atoms in total. The second kappa shape index (κ2) is 7.15. The molecular weight excluding hydrogens is 152 g/mol. The summed E-state index contributed by atoms with van der Waals surface area (Å²) in [7, 11) is 0. The number of hydrogen-bond acceptors (Lipinski definition) is 2. The normalized spacial score (nSPS) is 14.7. The van der Waals surface area contributed by atoms with Crippen molar-refractivity contribution >= 4 is 0 Å². The molecule has 0 bridgehead atoms. The van der Waals surface area contributed by atoms with Crippen molar-refractivity contribution in [2.45, 2.75) is 45.8 Å². The van der Waals surface area contributed by atoms with Crippen molar-refractivity contribution < 1.29 is 9.84 Å². The van der Waals surface area contributed by atoms with Gasteiger partial charge >= 0.3 is 0 Å². The molecule has 0 aliphatic carbocycles. The van der Waals surface area contributed by atoms with Gasteiger partial charge in [-0.05, 0) is 27.2 Å². The van der Waals surface area contributed by atoms with Crippen LogP contribution in [0, 0.1) is 11.8 Å². The Morgan fingerprint density at radius 2 is 2.17 bits per heavy atom. The van der Waals surface area contributed by atoms with Crippen molar-refractivity contribution in [3.8, 4) is 11.8 Å². The molecule has 2 heteroatoms. The summed E-state index contributed by atoms with van der Waals surface area (Å²) in [4.78, 5) is 0. The molecule has 0 aromatic rings. The van der Waals surface area contributed by atoms with Crippen molar-refractivity contribution in [2.24, 2.45) is 0 Å². The predicted octanol–water partition coefficient (Wildman–Crippen LogP) is 1.58. The van der Waals surface area contributed by atoms with E-state index in [1.54, 1.807) is 6.92 Å². The molecule has 0 saturated heterocycles. The van der Waals surface area contributed by atoms with Gasteiger partial charge in [-0.3, -0.25) is 0 Å². The zero-order valence-corrected chi connectivity index (χ0v) is 8.13. The van der Waals surface area contributed by atoms with Crippen molar-refractivity contribution in [3.05, 3.63) is 0 Å². The molecule has 0 aromatic carbocycles. The highest BCUT2D eigenvalue weighted by Gasteiger charge is 2.12. The Bertz CT molecular complexity index is 155. The fourth-order valence-electron chi connectivity index (χ4n) is 0.954. The molecule has 0 rings (SSSR count). The second-order valence-electron chi connectivity index (χ2n) is 2.69. The van der Waals surface area contributed by atoms with Crippen LogP contribution in [0.2, 0.25) is 0 Å². The maximum atomic E-state index is 9.48. The lowest BCUT2D eigenvalue weighted by atomic mass is 10.1. The van der Waals surface area contributed by atoms with Crippen LogP contribution >= 0.6 is 0 Å². The van der Waals surface area contributed by atoms with Gasteiger partial charge in [0.05, 0.1) is 12.2 Å². The fourth-order valence-corrected chi connectivity index (χ4v) is 0.954. The lowest BCUT2D eigenvalue weighted by Crippen LogP contribution is -2.25. The first-order chi connectivity index (χ1) is 5.72. The van der Waals surface area contributed by atoms with Gasteiger partial charge in [-0.25, -0.2) is 0 Å². The summed E-state index contributed by atoms with van der Waals surface area (Å²) in [6.07, 6.45) is 0.983. The van der Waals surface area contributed by atoms with Gasteiger partial charge in [0.1, 0.15) is 0 Å². The van der Waals surface area contributed by atoms with E-state index in [4.69, 9.17) is 4.74 Å². The summed E-state index contributed by atoms with van der Waals surface area (Å²) in [5.41, 5.74) is 0. The zero-order valence-electron chi connectivity index (χ0n) is 8.13. The van der Waals surface area contributed by atoms with Crippen molar-refractivity contribution in [1.29, 1.82) is 0 Å². The van der Waals surface area contributed by atoms with Gasteiger partial charge in [-0.1, -0.05) is 0 Å². The quantitative estimate of drug-likeness (QED) is 0.635. The molecular formula is C10H18O2. The summed E-state index contributed by atoms with van der Waals surface area (Å²) in [5, 5.41) is 9.48. The molecule has 1 N–H and O–H groups in total. The molecule has 70 valence electrons.